The first kappa shape index (κ1) is 71.7. The molecule has 0 bridgehead atoms. The number of aromatic nitrogens is 9. The number of aromatic carboxylic acids is 3. The molecule has 11 rings (SSSR count). The molecule has 0 aliphatic heterocycles. The van der Waals surface area contributed by atoms with E-state index in [1.807, 2.05) is 5.21 Å². The second kappa shape index (κ2) is 30.5. The third kappa shape index (κ3) is 17.4. The molecule has 11 aromatic rings. The van der Waals surface area contributed by atoms with Gasteiger partial charge < -0.3 is 29.9 Å². The van der Waals surface area contributed by atoms with Gasteiger partial charge in [-0.3, -0.25) is 0 Å². The van der Waals surface area contributed by atoms with Gasteiger partial charge in [0.15, 0.2) is 28.5 Å². The van der Waals surface area contributed by atoms with Crippen LogP contribution < -0.4 is 9.47 Å². The molecule has 5 N–H and O–H groups in total. The van der Waals surface area contributed by atoms with Crippen molar-refractivity contribution in [1.82, 2.24) is 45.4 Å². The minimum atomic E-state index is -5.08. The molecule has 0 fully saturated rings. The Balaban J connectivity index is 0.000000179. The van der Waals surface area contributed by atoms with Crippen LogP contribution in [0.1, 0.15) is 76.4 Å². The van der Waals surface area contributed by atoms with Gasteiger partial charge >= 0.3 is 47.8 Å². The summed E-state index contributed by atoms with van der Waals surface area (Å²) in [7, 11) is 3.04. The predicted octanol–water partition coefficient (Wildman–Crippen LogP) is 15.6. The van der Waals surface area contributed by atoms with Crippen molar-refractivity contribution < 1.29 is 88.6 Å². The monoisotopic (exact) mass is 1400 g/mol. The molecular weight excluding hydrogens is 1360 g/mol. The molecule has 0 aliphatic carbocycles. The molecule has 3 heterocycles. The topological polar surface area (TPSA) is 271 Å². The van der Waals surface area contributed by atoms with Crippen LogP contribution in [0.25, 0.3) is 33.4 Å². The number of carboxylic acid groups (broad SMARTS) is 4. The largest absolute Gasteiger partial charge is 0.497 e. The molecule has 0 aliphatic rings. The van der Waals surface area contributed by atoms with Crippen molar-refractivity contribution in [3.63, 3.8) is 0 Å². The molecule has 0 radical (unpaired) electrons. The Bertz CT molecular complexity index is 4530. The summed E-state index contributed by atoms with van der Waals surface area (Å²) in [4.78, 5) is 43.4. The summed E-state index contributed by atoms with van der Waals surface area (Å²) in [5.74, 6) is -17.1. The summed E-state index contributed by atoms with van der Waals surface area (Å²) < 4.78 is 135. The van der Waals surface area contributed by atoms with E-state index in [2.05, 4.69) is 30.8 Å². The number of nitrogens with one attached hydrogen (secondary N) is 1. The molecule has 0 saturated carbocycles. The van der Waals surface area contributed by atoms with Crippen LogP contribution in [0.3, 0.4) is 0 Å². The average Bonchev–Trinajstić information content (AvgIpc) is 1.75. The van der Waals surface area contributed by atoms with Gasteiger partial charge in [0.2, 0.25) is 0 Å². The Morgan fingerprint density at radius 2 is 0.732 bits per heavy atom. The lowest BCUT2D eigenvalue weighted by molar-refractivity contribution is -0.192. The Kier molecular flexibility index (Phi) is 22.6. The van der Waals surface area contributed by atoms with Crippen molar-refractivity contribution >= 4 is 58.7 Å². The number of benzene rings is 8. The number of carbonyl (C=O) groups is 4. The Hall–Kier alpha value is -11.1. The average molecular weight is 1400 g/mol. The van der Waals surface area contributed by atoms with Gasteiger partial charge in [-0.25, -0.2) is 28.5 Å². The maximum absolute atomic E-state index is 15.6. The zero-order valence-corrected chi connectivity index (χ0v) is 52.0. The van der Waals surface area contributed by atoms with Gasteiger partial charge in [-0.05, 0) is 105 Å². The Morgan fingerprint density at radius 1 is 0.412 bits per heavy atom. The van der Waals surface area contributed by atoms with Gasteiger partial charge in [0, 0.05) is 31.8 Å². The summed E-state index contributed by atoms with van der Waals surface area (Å²) in [5.41, 5.74) is -0.140. The third-order valence-electron chi connectivity index (χ3n) is 14.0. The number of nitrogens with zero attached hydrogens (tertiary/aromatic N) is 8. The minimum Gasteiger partial charge on any atom is -0.497 e. The number of methoxy groups -OCH3 is 2. The van der Waals surface area contributed by atoms with Crippen molar-refractivity contribution in [2.75, 3.05) is 14.2 Å². The summed E-state index contributed by atoms with van der Waals surface area (Å²) in [6, 6.07) is 51.1. The molecule has 0 unspecified atom stereocenters. The molecule has 8 aromatic carbocycles. The van der Waals surface area contributed by atoms with E-state index in [4.69, 9.17) is 59.3 Å². The number of carboxylic acids is 4. The number of H-pyrrole nitrogens is 1. The van der Waals surface area contributed by atoms with Gasteiger partial charge in [-0.1, -0.05) is 179 Å². The lowest BCUT2D eigenvalue weighted by atomic mass is 9.99. The van der Waals surface area contributed by atoms with Gasteiger partial charge in [-0.15, -0.1) is 15.3 Å². The summed E-state index contributed by atoms with van der Waals surface area (Å²) >= 11 is 17.6. The standard InChI is InChI=1S/2C24H18ClF2N3O3.C16H10ClF2N3O2.C2HF3O2/c1-33-20-12-2-15(3-13-20)14-30-21(23(31)32)22(28-29-30)24(26,27)18-8-4-16(5-9-18)17-6-10-19(25)11-7-17;1-33-20-12-2-15(3-13-20)14-30-22(21(23(31)32)28-29-30)24(26,27)18-8-4-16(5-9-18)17-6-10-19(25)11-7-17;17-12-7-3-10(4-8-12)9-1-5-11(6-2-9)16(18,19)14-13(15(23)24)20-22-21-14;3-2(4,5)1(6)7/h2*2-13H,14H2,1H3,(H,31,32);1-8H,(H,23,24)(H,20,21,22);(H,6,7). The lowest BCUT2D eigenvalue weighted by Gasteiger charge is -2.19. The Morgan fingerprint density at radius 3 is 1.06 bits per heavy atom. The van der Waals surface area contributed by atoms with E-state index >= 15 is 17.6 Å². The summed E-state index contributed by atoms with van der Waals surface area (Å²) in [5, 5.41) is 59.8. The molecule has 19 nitrogen and oxygen atoms in total. The van der Waals surface area contributed by atoms with Crippen LogP contribution in [-0.2, 0) is 35.7 Å². The first-order valence-corrected chi connectivity index (χ1v) is 28.8. The highest BCUT2D eigenvalue weighted by atomic mass is 35.5. The highest BCUT2D eigenvalue weighted by molar-refractivity contribution is 6.31. The molecule has 0 saturated heterocycles. The molecular formula is C66H47Cl3F9N9O10. The van der Waals surface area contributed by atoms with Gasteiger partial charge in [0.05, 0.1) is 27.3 Å². The minimum absolute atomic E-state index is 0.0375. The highest BCUT2D eigenvalue weighted by Gasteiger charge is 2.45. The smallest absolute Gasteiger partial charge is 0.490 e. The van der Waals surface area contributed by atoms with E-state index in [-0.39, 0.29) is 29.8 Å². The van der Waals surface area contributed by atoms with Crippen molar-refractivity contribution in [2.24, 2.45) is 0 Å². The predicted molar refractivity (Wildman–Crippen MR) is 335 cm³/mol. The SMILES string of the molecule is COc1ccc(Cn2nnc(C(=O)O)c2C(F)(F)c2ccc(-c3ccc(Cl)cc3)cc2)cc1.COc1ccc(Cn2nnc(C(F)(F)c3ccc(-c4ccc(Cl)cc4)cc3)c2C(=O)O)cc1.O=C(O)C(F)(F)F.O=C(O)c1n[nH]nc1C(F)(F)c1ccc(-c2ccc(Cl)cc2)cc1. The fourth-order valence-electron chi connectivity index (χ4n) is 9.09. The quantitative estimate of drug-likeness (QED) is 0.0500. The summed E-state index contributed by atoms with van der Waals surface area (Å²) in [6.07, 6.45) is -5.08. The van der Waals surface area contributed by atoms with Gasteiger partial charge in [0.1, 0.15) is 17.2 Å². The zero-order valence-electron chi connectivity index (χ0n) is 49.7. The number of aromatic amines is 1. The van der Waals surface area contributed by atoms with Crippen LogP contribution in [0.5, 0.6) is 11.5 Å². The van der Waals surface area contributed by atoms with E-state index in [0.29, 0.717) is 43.3 Å². The van der Waals surface area contributed by atoms with Crippen molar-refractivity contribution in [1.29, 1.82) is 0 Å². The van der Waals surface area contributed by atoms with Crippen LogP contribution in [0.4, 0.5) is 39.5 Å². The molecule has 0 spiro atoms. The number of halogens is 12. The van der Waals surface area contributed by atoms with Crippen molar-refractivity contribution in [2.45, 2.75) is 37.0 Å². The van der Waals surface area contributed by atoms with Crippen LogP contribution >= 0.6 is 34.8 Å². The fraction of sp³-hybridized carbons (Fsp3) is 0.121. The van der Waals surface area contributed by atoms with Crippen LogP contribution in [-0.4, -0.2) is 110 Å². The Labute approximate surface area is 557 Å². The van der Waals surface area contributed by atoms with Crippen molar-refractivity contribution in [3.05, 3.63) is 271 Å². The molecule has 3 aromatic heterocycles. The van der Waals surface area contributed by atoms with E-state index in [1.165, 1.54) is 74.9 Å². The molecule has 97 heavy (non-hydrogen) atoms. The van der Waals surface area contributed by atoms with Crippen LogP contribution in [0, 0.1) is 0 Å². The number of alkyl halides is 9. The van der Waals surface area contributed by atoms with E-state index in [1.54, 1.807) is 133 Å². The highest BCUT2D eigenvalue weighted by Crippen LogP contribution is 2.41. The molecule has 31 heteroatoms. The molecule has 0 amide bonds. The first-order chi connectivity index (χ1) is 45.9. The second-order valence-corrected chi connectivity index (χ2v) is 21.6. The van der Waals surface area contributed by atoms with E-state index in [9.17, 15) is 46.5 Å². The first-order valence-electron chi connectivity index (χ1n) is 27.7. The lowest BCUT2D eigenvalue weighted by Crippen LogP contribution is -2.24. The van der Waals surface area contributed by atoms with Gasteiger partial charge in [-0.2, -0.15) is 49.8 Å². The number of hydrogen-bond donors (Lipinski definition) is 5. The van der Waals surface area contributed by atoms with Crippen LogP contribution in [0.2, 0.25) is 15.1 Å². The van der Waals surface area contributed by atoms with Gasteiger partial charge in [0.25, 0.3) is 0 Å². The number of aliphatic carboxylic acids is 1. The summed E-state index contributed by atoms with van der Waals surface area (Å²) in [6.45, 7) is -0.123. The third-order valence-corrected chi connectivity index (χ3v) is 14.8. The molecule has 0 atom stereocenters. The van der Waals surface area contributed by atoms with Crippen LogP contribution in [0.15, 0.2) is 194 Å². The number of ether oxygens (including phenoxy) is 2. The maximum Gasteiger partial charge on any atom is 0.490 e. The number of rotatable bonds is 18. The zero-order chi connectivity index (χ0) is 70.6. The normalized spacial score (nSPS) is 11.4. The number of hydrogen-bond acceptors (Lipinski definition) is 12. The maximum atomic E-state index is 15.6. The fourth-order valence-corrected chi connectivity index (χ4v) is 9.46. The van der Waals surface area contributed by atoms with E-state index < -0.39 is 82.0 Å². The van der Waals surface area contributed by atoms with Crippen molar-refractivity contribution in [3.8, 4) is 44.9 Å². The van der Waals surface area contributed by atoms with E-state index in [0.717, 1.165) is 37.2 Å². The molecule has 500 valence electrons. The second-order valence-electron chi connectivity index (χ2n) is 20.3.